The summed E-state index contributed by atoms with van der Waals surface area (Å²) in [6.07, 6.45) is 1.80. The lowest BCUT2D eigenvalue weighted by molar-refractivity contribution is -0.119. The van der Waals surface area contributed by atoms with Gasteiger partial charge in [-0.2, -0.15) is 4.98 Å². The molecule has 0 saturated heterocycles. The Balaban J connectivity index is 2.23. The topological polar surface area (TPSA) is 68.5 Å². The number of aromatic nitrogens is 3. The van der Waals surface area contributed by atoms with E-state index >= 15 is 0 Å². The molecule has 0 radical (unpaired) electrons. The predicted octanol–water partition coefficient (Wildman–Crippen LogP) is 0.623. The highest BCUT2D eigenvalue weighted by molar-refractivity contribution is 5.90. The van der Waals surface area contributed by atoms with Crippen molar-refractivity contribution in [2.75, 3.05) is 19.0 Å². The van der Waals surface area contributed by atoms with Gasteiger partial charge in [-0.25, -0.2) is 4.52 Å². The van der Waals surface area contributed by atoms with E-state index in [9.17, 15) is 4.79 Å². The minimum Gasteiger partial charge on any atom is -0.375 e. The van der Waals surface area contributed by atoms with Gasteiger partial charge in [0.2, 0.25) is 5.95 Å². The number of amides is 1. The Kier molecular flexibility index (Phi) is 2.82. The minimum absolute atomic E-state index is 0.00538. The third-order valence-corrected chi connectivity index (χ3v) is 2.02. The fourth-order valence-corrected chi connectivity index (χ4v) is 1.33. The van der Waals surface area contributed by atoms with Gasteiger partial charge < -0.3 is 4.74 Å². The summed E-state index contributed by atoms with van der Waals surface area (Å²) in [5, 5.41) is 6.64. The normalized spacial score (nSPS) is 10.6. The molecular formula is C10H12N4O2. The number of rotatable bonds is 3. The van der Waals surface area contributed by atoms with E-state index in [1.54, 1.807) is 10.7 Å². The van der Waals surface area contributed by atoms with Crippen molar-refractivity contribution < 1.29 is 9.53 Å². The molecule has 6 nitrogen and oxygen atoms in total. The molecule has 84 valence electrons. The van der Waals surface area contributed by atoms with Crippen LogP contribution in [0.1, 0.15) is 5.56 Å². The maximum absolute atomic E-state index is 11.2. The third kappa shape index (κ3) is 2.17. The lowest BCUT2D eigenvalue weighted by atomic mass is 10.3. The van der Waals surface area contributed by atoms with Gasteiger partial charge >= 0.3 is 0 Å². The molecule has 1 amide bonds. The zero-order chi connectivity index (χ0) is 11.5. The molecule has 6 heteroatoms. The highest BCUT2D eigenvalue weighted by atomic mass is 16.5. The molecule has 2 heterocycles. The van der Waals surface area contributed by atoms with E-state index in [4.69, 9.17) is 4.74 Å². The number of nitrogens with zero attached hydrogens (tertiary/aromatic N) is 3. The molecule has 0 aromatic carbocycles. The first-order chi connectivity index (χ1) is 7.69. The van der Waals surface area contributed by atoms with E-state index in [1.165, 1.54) is 7.11 Å². The molecule has 2 aromatic rings. The van der Waals surface area contributed by atoms with Crippen LogP contribution in [0.15, 0.2) is 18.3 Å². The average molecular weight is 220 g/mol. The standard InChI is InChI=1S/C10H12N4O2/c1-7-3-4-14-8(5-7)11-10(13-14)12-9(15)6-16-2/h3-5H,6H2,1-2H3,(H,12,13,15). The molecule has 0 atom stereocenters. The molecule has 0 aliphatic carbocycles. The molecule has 1 N–H and O–H groups in total. The average Bonchev–Trinajstić information content (AvgIpc) is 2.59. The summed E-state index contributed by atoms with van der Waals surface area (Å²) < 4.78 is 6.30. The van der Waals surface area contributed by atoms with Crippen molar-refractivity contribution in [3.05, 3.63) is 23.9 Å². The lowest BCUT2D eigenvalue weighted by Gasteiger charge is -1.97. The number of pyridine rings is 1. The first kappa shape index (κ1) is 10.6. The zero-order valence-corrected chi connectivity index (χ0v) is 9.10. The fraction of sp³-hybridized carbons (Fsp3) is 0.300. The molecule has 0 spiro atoms. The maximum Gasteiger partial charge on any atom is 0.252 e. The van der Waals surface area contributed by atoms with Crippen molar-refractivity contribution in [1.82, 2.24) is 14.6 Å². The van der Waals surface area contributed by atoms with E-state index in [0.717, 1.165) is 5.56 Å². The van der Waals surface area contributed by atoms with Crippen molar-refractivity contribution in [2.24, 2.45) is 0 Å². The number of aryl methyl sites for hydroxylation is 1. The second-order valence-corrected chi connectivity index (χ2v) is 3.42. The van der Waals surface area contributed by atoms with Crippen LogP contribution < -0.4 is 5.32 Å². The van der Waals surface area contributed by atoms with Gasteiger partial charge in [0.1, 0.15) is 6.61 Å². The third-order valence-electron chi connectivity index (χ3n) is 2.02. The summed E-state index contributed by atoms with van der Waals surface area (Å²) in [6.45, 7) is 1.96. The van der Waals surface area contributed by atoms with Crippen LogP contribution in [0.3, 0.4) is 0 Å². The number of hydrogen-bond donors (Lipinski definition) is 1. The number of methoxy groups -OCH3 is 1. The second-order valence-electron chi connectivity index (χ2n) is 3.42. The maximum atomic E-state index is 11.2. The Bertz CT molecular complexity index is 521. The van der Waals surface area contributed by atoms with Crippen molar-refractivity contribution in [1.29, 1.82) is 0 Å². The van der Waals surface area contributed by atoms with E-state index < -0.39 is 0 Å². The highest BCUT2D eigenvalue weighted by Gasteiger charge is 2.07. The zero-order valence-electron chi connectivity index (χ0n) is 9.10. The van der Waals surface area contributed by atoms with Gasteiger partial charge in [0.05, 0.1) is 0 Å². The number of anilines is 1. The lowest BCUT2D eigenvalue weighted by Crippen LogP contribution is -2.17. The molecule has 0 unspecified atom stereocenters. The molecular weight excluding hydrogens is 208 g/mol. The largest absolute Gasteiger partial charge is 0.375 e. The summed E-state index contributed by atoms with van der Waals surface area (Å²) in [7, 11) is 1.46. The molecule has 16 heavy (non-hydrogen) atoms. The van der Waals surface area contributed by atoms with Gasteiger partial charge in [-0.3, -0.25) is 10.1 Å². The Morgan fingerprint density at radius 3 is 3.19 bits per heavy atom. The number of ether oxygens (including phenoxy) is 1. The quantitative estimate of drug-likeness (QED) is 0.823. The molecule has 2 rings (SSSR count). The summed E-state index contributed by atoms with van der Waals surface area (Å²) >= 11 is 0. The molecule has 0 fully saturated rings. The fourth-order valence-electron chi connectivity index (χ4n) is 1.33. The summed E-state index contributed by atoms with van der Waals surface area (Å²) in [5.41, 5.74) is 1.79. The summed E-state index contributed by atoms with van der Waals surface area (Å²) in [4.78, 5) is 15.4. The van der Waals surface area contributed by atoms with Gasteiger partial charge in [-0.1, -0.05) is 0 Å². The molecule has 2 aromatic heterocycles. The number of carbonyl (C=O) groups is 1. The molecule has 0 saturated carbocycles. The Hall–Kier alpha value is -1.95. The smallest absolute Gasteiger partial charge is 0.252 e. The van der Waals surface area contributed by atoms with E-state index in [1.807, 2.05) is 19.1 Å². The monoisotopic (exact) mass is 220 g/mol. The predicted molar refractivity (Wildman–Crippen MR) is 58.2 cm³/mol. The number of carbonyl (C=O) groups excluding carboxylic acids is 1. The SMILES string of the molecule is COCC(=O)Nc1nc2cc(C)ccn2n1. The molecule has 0 bridgehead atoms. The van der Waals surface area contributed by atoms with Crippen LogP contribution in [-0.2, 0) is 9.53 Å². The van der Waals surface area contributed by atoms with Gasteiger partial charge in [0, 0.05) is 13.3 Å². The number of hydrogen-bond acceptors (Lipinski definition) is 4. The van der Waals surface area contributed by atoms with E-state index in [-0.39, 0.29) is 18.5 Å². The van der Waals surface area contributed by atoms with Crippen LogP contribution in [0.5, 0.6) is 0 Å². The second kappa shape index (κ2) is 4.28. The van der Waals surface area contributed by atoms with E-state index in [0.29, 0.717) is 5.65 Å². The Morgan fingerprint density at radius 2 is 2.44 bits per heavy atom. The van der Waals surface area contributed by atoms with E-state index in [2.05, 4.69) is 15.4 Å². The van der Waals surface area contributed by atoms with Crippen LogP contribution in [0, 0.1) is 6.92 Å². The van der Waals surface area contributed by atoms with Crippen molar-refractivity contribution in [3.63, 3.8) is 0 Å². The summed E-state index contributed by atoms with van der Waals surface area (Å²) in [5.74, 6) is 0.0165. The number of fused-ring (bicyclic) bond motifs is 1. The van der Waals surface area contributed by atoms with Gasteiger partial charge in [0.15, 0.2) is 5.65 Å². The van der Waals surface area contributed by atoms with Crippen molar-refractivity contribution >= 4 is 17.5 Å². The molecule has 0 aliphatic heterocycles. The Labute approximate surface area is 92.2 Å². The highest BCUT2D eigenvalue weighted by Crippen LogP contribution is 2.07. The minimum atomic E-state index is -0.268. The van der Waals surface area contributed by atoms with Gasteiger partial charge in [-0.15, -0.1) is 5.10 Å². The Morgan fingerprint density at radius 1 is 1.62 bits per heavy atom. The number of nitrogens with one attached hydrogen (secondary N) is 1. The van der Waals surface area contributed by atoms with Crippen LogP contribution in [-0.4, -0.2) is 34.2 Å². The molecule has 0 aliphatic rings. The van der Waals surface area contributed by atoms with Gasteiger partial charge in [-0.05, 0) is 24.6 Å². The van der Waals surface area contributed by atoms with Crippen LogP contribution >= 0.6 is 0 Å². The van der Waals surface area contributed by atoms with Crippen molar-refractivity contribution in [3.8, 4) is 0 Å². The first-order valence-corrected chi connectivity index (χ1v) is 4.81. The van der Waals surface area contributed by atoms with Crippen LogP contribution in [0.25, 0.3) is 5.65 Å². The van der Waals surface area contributed by atoms with Crippen LogP contribution in [0.2, 0.25) is 0 Å². The summed E-state index contributed by atoms with van der Waals surface area (Å²) in [6, 6.07) is 3.81. The van der Waals surface area contributed by atoms with Crippen molar-refractivity contribution in [2.45, 2.75) is 6.92 Å². The van der Waals surface area contributed by atoms with Gasteiger partial charge in [0.25, 0.3) is 5.91 Å². The first-order valence-electron chi connectivity index (χ1n) is 4.81. The van der Waals surface area contributed by atoms with Crippen LogP contribution in [0.4, 0.5) is 5.95 Å².